The molecule has 0 aliphatic carbocycles. The maximum absolute atomic E-state index is 12.1. The topological polar surface area (TPSA) is 106 Å². The van der Waals surface area contributed by atoms with Crippen molar-refractivity contribution in [2.24, 2.45) is 0 Å². The maximum atomic E-state index is 12.1. The zero-order valence-electron chi connectivity index (χ0n) is 14.9. The summed E-state index contributed by atoms with van der Waals surface area (Å²) in [5, 5.41) is 16.5. The van der Waals surface area contributed by atoms with E-state index >= 15 is 0 Å². The van der Waals surface area contributed by atoms with E-state index in [1.54, 1.807) is 18.5 Å². The lowest BCUT2D eigenvalue weighted by atomic mass is 10.2. The minimum atomic E-state index is -0.279. The number of nitrogens with zero attached hydrogens (tertiary/aromatic N) is 3. The van der Waals surface area contributed by atoms with Gasteiger partial charge >= 0.3 is 6.03 Å². The fourth-order valence-electron chi connectivity index (χ4n) is 2.93. The number of anilines is 3. The first-order chi connectivity index (χ1) is 12.5. The van der Waals surface area contributed by atoms with Crippen LogP contribution in [0.15, 0.2) is 30.6 Å². The summed E-state index contributed by atoms with van der Waals surface area (Å²) >= 11 is 0. The molecule has 0 aromatic carbocycles. The van der Waals surface area contributed by atoms with Gasteiger partial charge in [0.1, 0.15) is 5.82 Å². The van der Waals surface area contributed by atoms with Gasteiger partial charge in [-0.2, -0.15) is 0 Å². The largest absolute Gasteiger partial charge is 0.354 e. The van der Waals surface area contributed by atoms with Crippen LogP contribution in [0.5, 0.6) is 0 Å². The Morgan fingerprint density at radius 3 is 2.92 bits per heavy atom. The third-order valence-corrected chi connectivity index (χ3v) is 4.24. The van der Waals surface area contributed by atoms with Crippen LogP contribution in [0, 0.1) is 12.3 Å². The lowest BCUT2D eigenvalue weighted by Crippen LogP contribution is -2.39. The van der Waals surface area contributed by atoms with Gasteiger partial charge in [0.2, 0.25) is 0 Å². The Balaban J connectivity index is 1.66. The molecular formula is C18H23N7O. The predicted molar refractivity (Wildman–Crippen MR) is 102 cm³/mol. The minimum absolute atomic E-state index is 0.151. The first-order valence-electron chi connectivity index (χ1n) is 8.50. The summed E-state index contributed by atoms with van der Waals surface area (Å²) in [5.41, 5.74) is 3.08. The number of likely N-dealkylation sites (tertiary alicyclic amines) is 1. The molecule has 136 valence electrons. The number of rotatable bonds is 5. The number of hydrogen-bond acceptors (Lipinski definition) is 6. The minimum Gasteiger partial charge on any atom is -0.354 e. The van der Waals surface area contributed by atoms with Crippen LogP contribution in [0.2, 0.25) is 0 Å². The summed E-state index contributed by atoms with van der Waals surface area (Å²) in [5.74, 6) is 0.406. The molecule has 2 amide bonds. The van der Waals surface area contributed by atoms with Crippen molar-refractivity contribution in [2.75, 3.05) is 30.8 Å². The van der Waals surface area contributed by atoms with Gasteiger partial charge in [0, 0.05) is 41.9 Å². The molecule has 8 heteroatoms. The molecule has 1 unspecified atom stereocenters. The normalized spacial score (nSPS) is 16.9. The fourth-order valence-corrected chi connectivity index (χ4v) is 2.93. The highest BCUT2D eigenvalue weighted by Crippen LogP contribution is 2.21. The van der Waals surface area contributed by atoms with E-state index in [0.717, 1.165) is 30.9 Å². The molecule has 1 aliphatic heterocycles. The van der Waals surface area contributed by atoms with E-state index in [-0.39, 0.29) is 12.1 Å². The highest BCUT2D eigenvalue weighted by molar-refractivity contribution is 5.92. The van der Waals surface area contributed by atoms with E-state index in [2.05, 4.69) is 30.8 Å². The number of hydrogen-bond donors (Lipinski definition) is 4. The van der Waals surface area contributed by atoms with Crippen LogP contribution in [0.3, 0.4) is 0 Å². The average Bonchev–Trinajstić information content (AvgIpc) is 3.01. The summed E-state index contributed by atoms with van der Waals surface area (Å²) in [6.07, 6.45) is 5.50. The van der Waals surface area contributed by atoms with Crippen molar-refractivity contribution in [3.05, 3.63) is 41.9 Å². The van der Waals surface area contributed by atoms with Crippen LogP contribution in [0.4, 0.5) is 22.0 Å². The van der Waals surface area contributed by atoms with Gasteiger partial charge in [0.25, 0.3) is 0 Å². The van der Waals surface area contributed by atoms with Crippen molar-refractivity contribution in [3.63, 3.8) is 0 Å². The van der Waals surface area contributed by atoms with E-state index in [4.69, 9.17) is 5.41 Å². The van der Waals surface area contributed by atoms with Gasteiger partial charge in [-0.1, -0.05) is 0 Å². The van der Waals surface area contributed by atoms with E-state index in [0.29, 0.717) is 17.1 Å². The highest BCUT2D eigenvalue weighted by Gasteiger charge is 2.21. The summed E-state index contributed by atoms with van der Waals surface area (Å²) in [6, 6.07) is 5.30. The third-order valence-electron chi connectivity index (χ3n) is 4.24. The molecular weight excluding hydrogens is 330 g/mol. The Hall–Kier alpha value is -3.00. The van der Waals surface area contributed by atoms with Gasteiger partial charge < -0.3 is 20.9 Å². The molecule has 0 radical (unpaired) electrons. The molecule has 1 saturated heterocycles. The Morgan fingerprint density at radius 1 is 1.38 bits per heavy atom. The fraction of sp³-hybridized carbons (Fsp3) is 0.333. The van der Waals surface area contributed by atoms with E-state index in [9.17, 15) is 4.79 Å². The summed E-state index contributed by atoms with van der Waals surface area (Å²) in [4.78, 5) is 22.7. The lowest BCUT2D eigenvalue weighted by molar-refractivity contribution is 0.248. The number of nitrogens with one attached hydrogen (secondary N) is 4. The van der Waals surface area contributed by atoms with Crippen molar-refractivity contribution in [3.8, 4) is 0 Å². The number of urea groups is 1. The molecule has 4 N–H and O–H groups in total. The second-order valence-electron chi connectivity index (χ2n) is 6.46. The summed E-state index contributed by atoms with van der Waals surface area (Å²) in [7, 11) is 2.04. The lowest BCUT2D eigenvalue weighted by Gasteiger charge is -2.14. The molecule has 2 aromatic heterocycles. The van der Waals surface area contributed by atoms with Crippen molar-refractivity contribution in [1.82, 2.24) is 20.2 Å². The van der Waals surface area contributed by atoms with E-state index in [1.165, 1.54) is 6.21 Å². The molecule has 1 aliphatic rings. The number of amides is 2. The zero-order chi connectivity index (χ0) is 18.5. The standard InChI is InChI=1S/C18H23N7O/c1-12-7-14(3-5-20-12)22-16-10-21-17(8-13(16)9-19)24-18(26)23-15-4-6-25(2)11-15/h3,5,7-10,15,19H,4,6,11H2,1-2H3,(H,20,22)(H2,21,23,24,26). The van der Waals surface area contributed by atoms with Gasteiger partial charge in [0.15, 0.2) is 0 Å². The van der Waals surface area contributed by atoms with E-state index < -0.39 is 0 Å². The molecule has 1 fully saturated rings. The Morgan fingerprint density at radius 2 is 2.23 bits per heavy atom. The first-order valence-corrected chi connectivity index (χ1v) is 8.50. The van der Waals surface area contributed by atoms with Crippen molar-refractivity contribution in [1.29, 1.82) is 5.41 Å². The van der Waals surface area contributed by atoms with Gasteiger partial charge in [-0.25, -0.2) is 9.78 Å². The van der Waals surface area contributed by atoms with Crippen LogP contribution < -0.4 is 16.0 Å². The smallest absolute Gasteiger partial charge is 0.320 e. The van der Waals surface area contributed by atoms with Crippen LogP contribution in [0.1, 0.15) is 17.7 Å². The molecule has 0 bridgehead atoms. The summed E-state index contributed by atoms with van der Waals surface area (Å²) in [6.45, 7) is 3.74. The number of carbonyl (C=O) groups is 1. The van der Waals surface area contributed by atoms with Crippen LogP contribution >= 0.6 is 0 Å². The number of pyridine rings is 2. The predicted octanol–water partition coefficient (Wildman–Crippen LogP) is 2.35. The molecule has 8 nitrogen and oxygen atoms in total. The number of carbonyl (C=O) groups excluding carboxylic acids is 1. The van der Waals surface area contributed by atoms with Gasteiger partial charge in [-0.15, -0.1) is 0 Å². The van der Waals surface area contributed by atoms with E-state index in [1.807, 2.05) is 26.1 Å². The maximum Gasteiger partial charge on any atom is 0.320 e. The first kappa shape index (κ1) is 17.8. The number of aromatic nitrogens is 2. The molecule has 3 heterocycles. The van der Waals surface area contributed by atoms with Crippen molar-refractivity contribution in [2.45, 2.75) is 19.4 Å². The van der Waals surface area contributed by atoms with Gasteiger partial charge in [-0.05, 0) is 45.1 Å². The van der Waals surface area contributed by atoms with Crippen molar-refractivity contribution >= 4 is 29.4 Å². The number of aryl methyl sites for hydroxylation is 1. The molecule has 3 rings (SSSR count). The van der Waals surface area contributed by atoms with Gasteiger partial charge in [0.05, 0.1) is 11.9 Å². The molecule has 2 aromatic rings. The van der Waals surface area contributed by atoms with Gasteiger partial charge in [-0.3, -0.25) is 10.3 Å². The Labute approximate surface area is 152 Å². The average molecular weight is 353 g/mol. The Kier molecular flexibility index (Phi) is 5.43. The highest BCUT2D eigenvalue weighted by atomic mass is 16.2. The van der Waals surface area contributed by atoms with Crippen LogP contribution in [-0.4, -0.2) is 53.3 Å². The number of likely N-dealkylation sites (N-methyl/N-ethyl adjacent to an activating group) is 1. The quantitative estimate of drug-likeness (QED) is 0.618. The molecule has 0 saturated carbocycles. The SMILES string of the molecule is Cc1cc(Nc2cnc(NC(=O)NC3CCN(C)C3)cc2C=N)ccn1. The monoisotopic (exact) mass is 353 g/mol. The zero-order valence-corrected chi connectivity index (χ0v) is 14.9. The molecule has 1 atom stereocenters. The second kappa shape index (κ2) is 7.92. The Bertz CT molecular complexity index is 808. The molecule has 26 heavy (non-hydrogen) atoms. The van der Waals surface area contributed by atoms with Crippen molar-refractivity contribution < 1.29 is 4.79 Å². The third kappa shape index (κ3) is 4.54. The molecule has 0 spiro atoms. The summed E-state index contributed by atoms with van der Waals surface area (Å²) < 4.78 is 0. The second-order valence-corrected chi connectivity index (χ2v) is 6.46. The van der Waals surface area contributed by atoms with Crippen LogP contribution in [-0.2, 0) is 0 Å². The van der Waals surface area contributed by atoms with Crippen LogP contribution in [0.25, 0.3) is 0 Å².